The predicted molar refractivity (Wildman–Crippen MR) is 61.0 cm³/mol. The highest BCUT2D eigenvalue weighted by molar-refractivity contribution is 7.92. The Balaban J connectivity index is 4.93. The van der Waals surface area contributed by atoms with Crippen molar-refractivity contribution >= 4 is 9.84 Å². The summed E-state index contributed by atoms with van der Waals surface area (Å²) in [5, 5.41) is -0.410. The largest absolute Gasteiger partial charge is 0.326 e. The Morgan fingerprint density at radius 2 is 1.64 bits per heavy atom. The molecular weight excluding hydrogens is 198 g/mol. The van der Waals surface area contributed by atoms with Gasteiger partial charge in [-0.1, -0.05) is 34.6 Å². The number of nitrogens with two attached hydrogens (primary N) is 1. The molecule has 0 aromatic carbocycles. The van der Waals surface area contributed by atoms with Crippen LogP contribution < -0.4 is 5.73 Å². The summed E-state index contributed by atoms with van der Waals surface area (Å²) in [6.07, 6.45) is 0.592. The van der Waals surface area contributed by atoms with E-state index in [1.54, 1.807) is 6.92 Å². The normalized spacial score (nSPS) is 17.9. The van der Waals surface area contributed by atoms with E-state index in [1.165, 1.54) is 0 Å². The Bertz CT molecular complexity index is 264. The van der Waals surface area contributed by atoms with Gasteiger partial charge in [0, 0.05) is 11.8 Å². The molecule has 3 nitrogen and oxygen atoms in total. The molecule has 0 fully saturated rings. The molecule has 0 aliphatic carbocycles. The van der Waals surface area contributed by atoms with E-state index in [4.69, 9.17) is 5.73 Å². The Kier molecular flexibility index (Phi) is 4.59. The molecule has 2 N–H and O–H groups in total. The van der Waals surface area contributed by atoms with E-state index in [0.29, 0.717) is 6.42 Å². The lowest BCUT2D eigenvalue weighted by Crippen LogP contribution is -2.49. The Morgan fingerprint density at radius 1 is 1.21 bits per heavy atom. The molecule has 14 heavy (non-hydrogen) atoms. The highest BCUT2D eigenvalue weighted by Gasteiger charge is 2.35. The summed E-state index contributed by atoms with van der Waals surface area (Å²) in [6, 6.07) is -0.294. The van der Waals surface area contributed by atoms with Crippen molar-refractivity contribution in [3.05, 3.63) is 0 Å². The third-order valence-corrected chi connectivity index (χ3v) is 5.02. The van der Waals surface area contributed by atoms with Crippen molar-refractivity contribution in [3.8, 4) is 0 Å². The van der Waals surface area contributed by atoms with Gasteiger partial charge < -0.3 is 5.73 Å². The van der Waals surface area contributed by atoms with Crippen LogP contribution in [0, 0.1) is 5.41 Å². The van der Waals surface area contributed by atoms with E-state index >= 15 is 0 Å². The van der Waals surface area contributed by atoms with Gasteiger partial charge in [-0.05, 0) is 11.8 Å². The molecule has 0 spiro atoms. The van der Waals surface area contributed by atoms with Gasteiger partial charge in [-0.15, -0.1) is 0 Å². The lowest BCUT2D eigenvalue weighted by molar-refractivity contribution is 0.304. The minimum Gasteiger partial charge on any atom is -0.326 e. The van der Waals surface area contributed by atoms with E-state index in [0.717, 1.165) is 0 Å². The van der Waals surface area contributed by atoms with Gasteiger partial charge in [0.05, 0.1) is 5.25 Å². The summed E-state index contributed by atoms with van der Waals surface area (Å²) in [5.74, 6) is 0.176. The molecule has 86 valence electrons. The summed E-state index contributed by atoms with van der Waals surface area (Å²) in [5.41, 5.74) is 5.82. The lowest BCUT2D eigenvalue weighted by Gasteiger charge is -2.33. The molecule has 0 radical (unpaired) electrons. The number of sulfone groups is 1. The first kappa shape index (κ1) is 13.9. The van der Waals surface area contributed by atoms with Crippen LogP contribution in [0.15, 0.2) is 0 Å². The van der Waals surface area contributed by atoms with Gasteiger partial charge in [0.15, 0.2) is 9.84 Å². The van der Waals surface area contributed by atoms with Crippen LogP contribution in [0.2, 0.25) is 0 Å². The van der Waals surface area contributed by atoms with Crippen molar-refractivity contribution < 1.29 is 8.42 Å². The molecule has 0 saturated heterocycles. The predicted octanol–water partition coefficient (Wildman–Crippen LogP) is 1.57. The second-order valence-electron chi connectivity index (χ2n) is 4.79. The molecular formula is C10H23NO2S. The molecule has 0 rings (SSSR count). The van der Waals surface area contributed by atoms with Crippen LogP contribution in [-0.4, -0.2) is 25.5 Å². The summed E-state index contributed by atoms with van der Waals surface area (Å²) in [4.78, 5) is 0. The van der Waals surface area contributed by atoms with Gasteiger partial charge >= 0.3 is 0 Å². The average Bonchev–Trinajstić information content (AvgIpc) is 2.03. The number of hydrogen-bond acceptors (Lipinski definition) is 3. The second kappa shape index (κ2) is 4.62. The van der Waals surface area contributed by atoms with Crippen LogP contribution >= 0.6 is 0 Å². The fourth-order valence-electron chi connectivity index (χ4n) is 1.50. The van der Waals surface area contributed by atoms with Crippen molar-refractivity contribution in [2.45, 2.75) is 52.3 Å². The van der Waals surface area contributed by atoms with Crippen molar-refractivity contribution in [3.63, 3.8) is 0 Å². The van der Waals surface area contributed by atoms with E-state index in [9.17, 15) is 8.42 Å². The smallest absolute Gasteiger partial charge is 0.154 e. The zero-order valence-corrected chi connectivity index (χ0v) is 10.7. The molecule has 0 unspecified atom stereocenters. The summed E-state index contributed by atoms with van der Waals surface area (Å²) in [7, 11) is -3.02. The van der Waals surface area contributed by atoms with Crippen molar-refractivity contribution in [1.82, 2.24) is 0 Å². The third-order valence-electron chi connectivity index (χ3n) is 2.67. The van der Waals surface area contributed by atoms with Crippen LogP contribution in [0.3, 0.4) is 0 Å². The van der Waals surface area contributed by atoms with Crippen molar-refractivity contribution in [2.24, 2.45) is 11.1 Å². The van der Waals surface area contributed by atoms with Crippen LogP contribution in [0.4, 0.5) is 0 Å². The maximum Gasteiger partial charge on any atom is 0.154 e. The Labute approximate surface area is 88.0 Å². The molecule has 0 aromatic rings. The Hall–Kier alpha value is -0.0900. The van der Waals surface area contributed by atoms with Crippen LogP contribution in [-0.2, 0) is 9.84 Å². The zero-order chi connectivity index (χ0) is 11.6. The highest BCUT2D eigenvalue weighted by atomic mass is 32.2. The molecule has 2 atom stereocenters. The molecule has 0 aliphatic heterocycles. The van der Waals surface area contributed by atoms with Crippen LogP contribution in [0.1, 0.15) is 41.0 Å². The lowest BCUT2D eigenvalue weighted by atomic mass is 9.84. The van der Waals surface area contributed by atoms with E-state index in [-0.39, 0.29) is 17.2 Å². The van der Waals surface area contributed by atoms with Crippen molar-refractivity contribution in [2.75, 3.05) is 5.75 Å². The van der Waals surface area contributed by atoms with Gasteiger partial charge in [-0.3, -0.25) is 0 Å². The van der Waals surface area contributed by atoms with E-state index < -0.39 is 15.1 Å². The molecule has 0 saturated carbocycles. The first-order chi connectivity index (χ1) is 6.16. The second-order valence-corrected chi connectivity index (χ2v) is 7.30. The standard InChI is InChI=1S/C10H23NO2S/c1-6-8(14(12,13)7-2)9(11)10(3,4)5/h8-9H,6-7,11H2,1-5H3/t8-,9-/m1/s1. The monoisotopic (exact) mass is 221 g/mol. The maximum atomic E-state index is 11.7. The third kappa shape index (κ3) is 3.24. The molecule has 0 bridgehead atoms. The van der Waals surface area contributed by atoms with Crippen LogP contribution in [0.5, 0.6) is 0 Å². The fourth-order valence-corrected chi connectivity index (χ4v) is 3.29. The zero-order valence-electron chi connectivity index (χ0n) is 9.87. The van der Waals surface area contributed by atoms with Gasteiger partial charge in [0.2, 0.25) is 0 Å². The molecule has 0 amide bonds. The van der Waals surface area contributed by atoms with E-state index in [1.807, 2.05) is 27.7 Å². The SMILES string of the molecule is CC[C@H]([C@@H](N)C(C)(C)C)S(=O)(=O)CC. The highest BCUT2D eigenvalue weighted by Crippen LogP contribution is 2.25. The van der Waals surface area contributed by atoms with Gasteiger partial charge in [-0.25, -0.2) is 8.42 Å². The van der Waals surface area contributed by atoms with Gasteiger partial charge in [-0.2, -0.15) is 0 Å². The fraction of sp³-hybridized carbons (Fsp3) is 1.00. The summed E-state index contributed by atoms with van der Waals surface area (Å²) < 4.78 is 23.5. The molecule has 0 aromatic heterocycles. The Morgan fingerprint density at radius 3 is 1.86 bits per heavy atom. The number of hydrogen-bond donors (Lipinski definition) is 1. The van der Waals surface area contributed by atoms with Crippen molar-refractivity contribution in [1.29, 1.82) is 0 Å². The van der Waals surface area contributed by atoms with Gasteiger partial charge in [0.1, 0.15) is 0 Å². The first-order valence-electron chi connectivity index (χ1n) is 5.14. The average molecular weight is 221 g/mol. The topological polar surface area (TPSA) is 60.2 Å². The van der Waals surface area contributed by atoms with Gasteiger partial charge in [0.25, 0.3) is 0 Å². The quantitative estimate of drug-likeness (QED) is 0.784. The minimum absolute atomic E-state index is 0.164. The molecule has 4 heteroatoms. The van der Waals surface area contributed by atoms with Crippen LogP contribution in [0.25, 0.3) is 0 Å². The molecule has 0 heterocycles. The van der Waals surface area contributed by atoms with E-state index in [2.05, 4.69) is 0 Å². The summed E-state index contributed by atoms with van der Waals surface area (Å²) >= 11 is 0. The first-order valence-corrected chi connectivity index (χ1v) is 6.85. The molecule has 0 aliphatic rings. The summed E-state index contributed by atoms with van der Waals surface area (Å²) in [6.45, 7) is 9.49. The maximum absolute atomic E-state index is 11.7. The number of rotatable bonds is 4. The minimum atomic E-state index is -3.02.